The number of hydrogen-bond acceptors (Lipinski definition) is 3. The number of ketones is 1. The third-order valence-corrected chi connectivity index (χ3v) is 5.60. The van der Waals surface area contributed by atoms with Gasteiger partial charge in [-0.25, -0.2) is 0 Å². The lowest BCUT2D eigenvalue weighted by Crippen LogP contribution is -3.14. The first kappa shape index (κ1) is 19.2. The lowest BCUT2D eigenvalue weighted by atomic mass is 10.0. The average molecular weight is 383 g/mol. The van der Waals surface area contributed by atoms with Crippen LogP contribution < -0.4 is 10.2 Å². The van der Waals surface area contributed by atoms with E-state index in [0.29, 0.717) is 5.56 Å². The van der Waals surface area contributed by atoms with Crippen molar-refractivity contribution in [3.63, 3.8) is 0 Å². The fraction of sp³-hybridized carbons (Fsp3) is 0.238. The highest BCUT2D eigenvalue weighted by Gasteiger charge is 2.27. The largest absolute Gasteiger partial charge is 0.360 e. The topological polar surface area (TPSA) is 66.4 Å². The predicted molar refractivity (Wildman–Crippen MR) is 111 cm³/mol. The Hall–Kier alpha value is -2.57. The van der Waals surface area contributed by atoms with Gasteiger partial charge in [0.2, 0.25) is 5.78 Å². The summed E-state index contributed by atoms with van der Waals surface area (Å²) in [5.41, 5.74) is 2.42. The lowest BCUT2D eigenvalue weighted by Gasteiger charge is -2.20. The van der Waals surface area contributed by atoms with Gasteiger partial charge in [0.15, 0.2) is 6.54 Å². The van der Waals surface area contributed by atoms with Gasteiger partial charge in [-0.05, 0) is 31.4 Å². The Kier molecular flexibility index (Phi) is 5.98. The molecule has 0 aliphatic heterocycles. The summed E-state index contributed by atoms with van der Waals surface area (Å²) in [5, 5.41) is 3.87. The monoisotopic (exact) mass is 382 g/mol. The summed E-state index contributed by atoms with van der Waals surface area (Å²) in [6, 6.07) is 15.1. The highest BCUT2D eigenvalue weighted by Crippen LogP contribution is 2.24. The Balaban J connectivity index is 1.67. The minimum atomic E-state index is -0.328. The van der Waals surface area contributed by atoms with Gasteiger partial charge in [0.1, 0.15) is 6.04 Å². The fourth-order valence-corrected chi connectivity index (χ4v) is 3.63. The van der Waals surface area contributed by atoms with Gasteiger partial charge in [0.25, 0.3) is 5.91 Å². The second-order valence-electron chi connectivity index (χ2n) is 6.61. The van der Waals surface area contributed by atoms with Crippen molar-refractivity contribution in [3.05, 3.63) is 60.3 Å². The molecule has 5 nitrogen and oxygen atoms in total. The van der Waals surface area contributed by atoms with Crippen molar-refractivity contribution in [3.8, 4) is 0 Å². The Bertz CT molecular complexity index is 967. The quantitative estimate of drug-likeness (QED) is 0.435. The molecule has 3 N–H and O–H groups in total. The van der Waals surface area contributed by atoms with Gasteiger partial charge >= 0.3 is 0 Å². The van der Waals surface area contributed by atoms with Crippen LogP contribution in [0.3, 0.4) is 0 Å². The number of amides is 1. The average Bonchev–Trinajstić information content (AvgIpc) is 3.11. The van der Waals surface area contributed by atoms with E-state index >= 15 is 0 Å². The van der Waals surface area contributed by atoms with Gasteiger partial charge in [0.05, 0.1) is 12.7 Å². The number of aromatic nitrogens is 1. The van der Waals surface area contributed by atoms with Crippen LogP contribution in [0.25, 0.3) is 10.9 Å². The van der Waals surface area contributed by atoms with Crippen molar-refractivity contribution in [2.24, 2.45) is 0 Å². The molecule has 27 heavy (non-hydrogen) atoms. The zero-order chi connectivity index (χ0) is 19.4. The predicted octanol–water partition coefficient (Wildman–Crippen LogP) is 2.61. The van der Waals surface area contributed by atoms with Crippen molar-refractivity contribution in [2.45, 2.75) is 17.9 Å². The third kappa shape index (κ3) is 4.23. The smallest absolute Gasteiger partial charge is 0.279 e. The number of likely N-dealkylation sites (N-methyl/N-ethyl adjacent to an activating group) is 1. The van der Waals surface area contributed by atoms with E-state index in [2.05, 4.69) is 10.3 Å². The zero-order valence-corrected chi connectivity index (χ0v) is 16.5. The number of hydrogen-bond donors (Lipinski definition) is 3. The molecule has 6 heteroatoms. The van der Waals surface area contributed by atoms with Crippen molar-refractivity contribution in [1.82, 2.24) is 4.98 Å². The number of thioether (sulfide) groups is 1. The number of fused-ring (bicyclic) bond motifs is 1. The van der Waals surface area contributed by atoms with Crippen LogP contribution in [-0.2, 0) is 4.79 Å². The van der Waals surface area contributed by atoms with Crippen molar-refractivity contribution in [2.75, 3.05) is 25.2 Å². The highest BCUT2D eigenvalue weighted by atomic mass is 32.2. The minimum absolute atomic E-state index is 0.0299. The molecular formula is C21H24N3O2S+. The summed E-state index contributed by atoms with van der Waals surface area (Å²) in [6.07, 6.45) is 3.73. The number of para-hydroxylation sites is 2. The van der Waals surface area contributed by atoms with Crippen LogP contribution >= 0.6 is 11.8 Å². The van der Waals surface area contributed by atoms with E-state index in [1.165, 1.54) is 0 Å². The number of benzene rings is 2. The van der Waals surface area contributed by atoms with Crippen LogP contribution in [0.1, 0.15) is 17.3 Å². The van der Waals surface area contributed by atoms with Crippen molar-refractivity contribution >= 4 is 40.0 Å². The molecule has 1 unspecified atom stereocenters. The van der Waals surface area contributed by atoms with Gasteiger partial charge in [-0.3, -0.25) is 9.59 Å². The normalized spacial score (nSPS) is 13.3. The number of nitrogens with one attached hydrogen (secondary N) is 3. The number of rotatable bonds is 7. The van der Waals surface area contributed by atoms with Gasteiger partial charge < -0.3 is 15.2 Å². The number of carbonyl (C=O) groups excluding carboxylic acids is 2. The molecule has 3 aromatic rings. The maximum absolute atomic E-state index is 12.9. The number of Topliss-reactive ketones (excluding diaryl/α,β-unsaturated/α-hetero) is 1. The van der Waals surface area contributed by atoms with Crippen LogP contribution in [0.2, 0.25) is 0 Å². The van der Waals surface area contributed by atoms with E-state index in [9.17, 15) is 9.59 Å². The summed E-state index contributed by atoms with van der Waals surface area (Å²) in [7, 11) is 1.87. The van der Waals surface area contributed by atoms with Crippen molar-refractivity contribution < 1.29 is 14.5 Å². The van der Waals surface area contributed by atoms with Gasteiger partial charge in [-0.2, -0.15) is 0 Å². The van der Waals surface area contributed by atoms with Crippen LogP contribution in [0.5, 0.6) is 0 Å². The third-order valence-electron chi connectivity index (χ3n) is 4.81. The standard InChI is InChI=1S/C21H23N3O2S/c1-14(21(26)16-12-22-17-9-5-4-8-15(16)17)24(2)13-20(25)23-18-10-6-7-11-19(18)27-3/h4-12,14,22H,13H2,1-3H3,(H,23,25)/p+1/t14-/m0/s1. The first-order valence-corrected chi connectivity index (χ1v) is 10.1. The fourth-order valence-electron chi connectivity index (χ4n) is 3.08. The van der Waals surface area contributed by atoms with Gasteiger partial charge in [0, 0.05) is 27.6 Å². The first-order chi connectivity index (χ1) is 13.0. The summed E-state index contributed by atoms with van der Waals surface area (Å²) in [6.45, 7) is 2.08. The molecule has 0 aliphatic carbocycles. The zero-order valence-electron chi connectivity index (χ0n) is 15.7. The first-order valence-electron chi connectivity index (χ1n) is 8.86. The van der Waals surface area contributed by atoms with Gasteiger partial charge in [-0.15, -0.1) is 11.8 Å². The Morgan fingerprint density at radius 1 is 1.15 bits per heavy atom. The number of carbonyl (C=O) groups is 2. The second kappa shape index (κ2) is 8.41. The number of H-pyrrole nitrogens is 1. The van der Waals surface area contributed by atoms with E-state index in [-0.39, 0.29) is 24.3 Å². The molecule has 0 aliphatic rings. The van der Waals surface area contributed by atoms with Crippen LogP contribution in [0.15, 0.2) is 59.6 Å². The van der Waals surface area contributed by atoms with Crippen LogP contribution in [0, 0.1) is 0 Å². The molecule has 2 atom stereocenters. The lowest BCUT2D eigenvalue weighted by molar-refractivity contribution is -0.885. The molecule has 2 aromatic carbocycles. The highest BCUT2D eigenvalue weighted by molar-refractivity contribution is 7.98. The number of quaternary nitrogens is 1. The number of anilines is 1. The van der Waals surface area contributed by atoms with E-state index in [1.807, 2.05) is 68.8 Å². The maximum Gasteiger partial charge on any atom is 0.279 e. The Morgan fingerprint density at radius 2 is 1.85 bits per heavy atom. The second-order valence-corrected chi connectivity index (χ2v) is 7.45. The van der Waals surface area contributed by atoms with Crippen LogP contribution in [0.4, 0.5) is 5.69 Å². The molecule has 0 saturated carbocycles. The summed E-state index contributed by atoms with van der Waals surface area (Å²) >= 11 is 1.59. The SMILES string of the molecule is CSc1ccccc1NC(=O)C[NH+](C)[C@@H](C)C(=O)c1c[nH]c2ccccc12. The van der Waals surface area contributed by atoms with E-state index < -0.39 is 0 Å². The Morgan fingerprint density at radius 3 is 2.63 bits per heavy atom. The summed E-state index contributed by atoms with van der Waals surface area (Å²) < 4.78 is 0. The van der Waals surface area contributed by atoms with Crippen LogP contribution in [-0.4, -0.2) is 42.6 Å². The molecule has 1 aromatic heterocycles. The Labute approximate surface area is 163 Å². The molecule has 1 heterocycles. The molecule has 0 saturated heterocycles. The molecule has 3 rings (SSSR count). The maximum atomic E-state index is 12.9. The van der Waals surface area contributed by atoms with Crippen molar-refractivity contribution in [1.29, 1.82) is 0 Å². The molecule has 0 spiro atoms. The molecule has 140 valence electrons. The van der Waals surface area contributed by atoms with E-state index in [0.717, 1.165) is 26.4 Å². The molecular weight excluding hydrogens is 358 g/mol. The molecule has 0 radical (unpaired) electrons. The minimum Gasteiger partial charge on any atom is -0.360 e. The van der Waals surface area contributed by atoms with Gasteiger partial charge in [-0.1, -0.05) is 30.3 Å². The molecule has 0 fully saturated rings. The van der Waals surface area contributed by atoms with E-state index in [4.69, 9.17) is 0 Å². The number of aromatic amines is 1. The van der Waals surface area contributed by atoms with E-state index in [1.54, 1.807) is 18.0 Å². The molecule has 0 bridgehead atoms. The molecule has 1 amide bonds. The summed E-state index contributed by atoms with van der Waals surface area (Å²) in [5.74, 6) is -0.0742. The summed E-state index contributed by atoms with van der Waals surface area (Å²) in [4.78, 5) is 30.4.